The van der Waals surface area contributed by atoms with Gasteiger partial charge in [-0.15, -0.1) is 10.2 Å². The summed E-state index contributed by atoms with van der Waals surface area (Å²) in [7, 11) is 0. The Morgan fingerprint density at radius 3 is 2.59 bits per heavy atom. The first-order chi connectivity index (χ1) is 13.0. The second-order valence-electron chi connectivity index (χ2n) is 6.75. The molecule has 0 saturated heterocycles. The number of hydrogen-bond acceptors (Lipinski definition) is 4. The Kier molecular flexibility index (Phi) is 4.49. The summed E-state index contributed by atoms with van der Waals surface area (Å²) in [6, 6.07) is 15.5. The van der Waals surface area contributed by atoms with Gasteiger partial charge in [0.25, 0.3) is 5.56 Å². The molecule has 0 radical (unpaired) electrons. The van der Waals surface area contributed by atoms with E-state index in [1.807, 2.05) is 36.4 Å². The summed E-state index contributed by atoms with van der Waals surface area (Å²) < 4.78 is 1.76. The van der Waals surface area contributed by atoms with Crippen molar-refractivity contribution in [3.8, 4) is 22.6 Å². The quantitative estimate of drug-likeness (QED) is 0.582. The van der Waals surface area contributed by atoms with Gasteiger partial charge >= 0.3 is 0 Å². The highest BCUT2D eigenvalue weighted by atomic mass is 35.5. The molecule has 1 N–H and O–H groups in total. The van der Waals surface area contributed by atoms with Crippen LogP contribution < -0.4 is 5.56 Å². The van der Waals surface area contributed by atoms with Gasteiger partial charge in [0.1, 0.15) is 0 Å². The van der Waals surface area contributed by atoms with E-state index in [9.17, 15) is 4.79 Å². The van der Waals surface area contributed by atoms with Gasteiger partial charge in [0, 0.05) is 10.6 Å². The summed E-state index contributed by atoms with van der Waals surface area (Å²) >= 11 is 5.99. The molecule has 0 fully saturated rings. The summed E-state index contributed by atoms with van der Waals surface area (Å²) in [6.45, 7) is 4.70. The molecular formula is C20H18ClN5O. The SMILES string of the molecule is CC(C)c1cccc2c(-c3nn[nH]n3)c(=O)n(Cc3ccc(Cl)cc3)c-2c1. The Morgan fingerprint density at radius 1 is 1.15 bits per heavy atom. The van der Waals surface area contributed by atoms with E-state index in [0.29, 0.717) is 28.9 Å². The van der Waals surface area contributed by atoms with E-state index in [-0.39, 0.29) is 5.56 Å². The van der Waals surface area contributed by atoms with Gasteiger partial charge in [-0.25, -0.2) is 0 Å². The molecule has 2 aromatic rings. The van der Waals surface area contributed by atoms with Crippen LogP contribution in [0, 0.1) is 0 Å². The van der Waals surface area contributed by atoms with E-state index >= 15 is 0 Å². The molecule has 0 atom stereocenters. The van der Waals surface area contributed by atoms with Crippen LogP contribution in [0.2, 0.25) is 5.02 Å². The third kappa shape index (κ3) is 3.24. The molecule has 4 rings (SSSR count). The average molecular weight is 380 g/mol. The lowest BCUT2D eigenvalue weighted by atomic mass is 10.0. The molecule has 7 heteroatoms. The van der Waals surface area contributed by atoms with Gasteiger partial charge in [-0.05, 0) is 40.5 Å². The maximum Gasteiger partial charge on any atom is 0.263 e. The van der Waals surface area contributed by atoms with Crippen LogP contribution in [0.4, 0.5) is 0 Å². The van der Waals surface area contributed by atoms with Gasteiger partial charge in [0.05, 0.1) is 17.8 Å². The van der Waals surface area contributed by atoms with E-state index < -0.39 is 0 Å². The molecule has 6 nitrogen and oxygen atoms in total. The van der Waals surface area contributed by atoms with E-state index in [1.165, 1.54) is 0 Å². The van der Waals surface area contributed by atoms with E-state index in [4.69, 9.17) is 11.6 Å². The predicted octanol–water partition coefficient (Wildman–Crippen LogP) is 3.96. The molecule has 1 aromatic heterocycles. The highest BCUT2D eigenvalue weighted by Crippen LogP contribution is 2.32. The zero-order chi connectivity index (χ0) is 19.0. The number of halogens is 1. The lowest BCUT2D eigenvalue weighted by molar-refractivity contribution is 0.783. The fourth-order valence-electron chi connectivity index (χ4n) is 3.19. The molecule has 0 unspecified atom stereocenters. The molecule has 0 saturated carbocycles. The maximum absolute atomic E-state index is 13.3. The van der Waals surface area contributed by atoms with Crippen molar-refractivity contribution in [3.05, 3.63) is 75.0 Å². The number of hydrogen-bond donors (Lipinski definition) is 1. The molecule has 2 aliphatic rings. The Balaban J connectivity index is 1.95. The van der Waals surface area contributed by atoms with E-state index in [2.05, 4.69) is 46.6 Å². The molecule has 0 bridgehead atoms. The normalized spacial score (nSPS) is 11.4. The van der Waals surface area contributed by atoms with Gasteiger partial charge in [0.2, 0.25) is 5.82 Å². The third-order valence-electron chi connectivity index (χ3n) is 4.64. The van der Waals surface area contributed by atoms with Crippen molar-refractivity contribution in [1.82, 2.24) is 25.2 Å². The minimum Gasteiger partial charge on any atom is -0.303 e. The second-order valence-corrected chi connectivity index (χ2v) is 7.19. The first-order valence-electron chi connectivity index (χ1n) is 8.69. The molecule has 0 spiro atoms. The van der Waals surface area contributed by atoms with Crippen molar-refractivity contribution >= 4 is 11.6 Å². The standard InChI is InChI=1S/C20H18ClN5O/c1-12(2)14-4-3-5-16-17(10-14)26(11-13-6-8-15(21)9-7-13)20(27)18(16)19-22-24-25-23-19/h3-10,12H,11H2,1-2H3,(H,22,23,24,25). The first-order valence-corrected chi connectivity index (χ1v) is 9.07. The Morgan fingerprint density at radius 2 is 1.93 bits per heavy atom. The minimum atomic E-state index is -0.137. The molecule has 27 heavy (non-hydrogen) atoms. The highest BCUT2D eigenvalue weighted by Gasteiger charge is 2.24. The van der Waals surface area contributed by atoms with Crippen LogP contribution in [0.1, 0.15) is 30.9 Å². The fraction of sp³-hybridized carbons (Fsp3) is 0.200. The summed E-state index contributed by atoms with van der Waals surface area (Å²) in [5.41, 5.74) is 4.12. The van der Waals surface area contributed by atoms with Gasteiger partial charge in [0.15, 0.2) is 0 Å². The van der Waals surface area contributed by atoms with Crippen molar-refractivity contribution in [2.45, 2.75) is 26.3 Å². The number of fused-ring (bicyclic) bond motifs is 1. The number of aromatic amines is 1. The summed E-state index contributed by atoms with van der Waals surface area (Å²) in [6.07, 6.45) is 0. The van der Waals surface area contributed by atoms with Crippen molar-refractivity contribution in [1.29, 1.82) is 0 Å². The molecular weight excluding hydrogens is 362 g/mol. The predicted molar refractivity (Wildman–Crippen MR) is 105 cm³/mol. The van der Waals surface area contributed by atoms with Crippen molar-refractivity contribution in [2.24, 2.45) is 0 Å². The summed E-state index contributed by atoms with van der Waals surface area (Å²) in [5.74, 6) is 0.639. The Hall–Kier alpha value is -2.99. The smallest absolute Gasteiger partial charge is 0.263 e. The van der Waals surface area contributed by atoms with Gasteiger partial charge in [-0.1, -0.05) is 55.8 Å². The van der Waals surface area contributed by atoms with Crippen LogP contribution >= 0.6 is 11.6 Å². The largest absolute Gasteiger partial charge is 0.303 e. The highest BCUT2D eigenvalue weighted by molar-refractivity contribution is 6.30. The van der Waals surface area contributed by atoms with Crippen LogP contribution in [0.3, 0.4) is 0 Å². The lowest BCUT2D eigenvalue weighted by Gasteiger charge is -2.08. The molecule has 1 aliphatic carbocycles. The van der Waals surface area contributed by atoms with Crippen molar-refractivity contribution < 1.29 is 0 Å². The van der Waals surface area contributed by atoms with E-state index in [1.54, 1.807) is 4.57 Å². The van der Waals surface area contributed by atoms with Crippen molar-refractivity contribution in [3.63, 3.8) is 0 Å². The molecule has 136 valence electrons. The lowest BCUT2D eigenvalue weighted by Crippen LogP contribution is -2.17. The number of nitrogens with zero attached hydrogens (tertiary/aromatic N) is 4. The second kappa shape index (κ2) is 6.96. The Bertz CT molecular complexity index is 1100. The zero-order valence-corrected chi connectivity index (χ0v) is 15.7. The first kappa shape index (κ1) is 17.4. The number of nitrogens with one attached hydrogen (secondary N) is 1. The maximum atomic E-state index is 13.3. The number of aromatic nitrogens is 5. The number of tetrazole rings is 1. The number of rotatable bonds is 4. The topological polar surface area (TPSA) is 76.5 Å². The fourth-order valence-corrected chi connectivity index (χ4v) is 3.32. The molecule has 1 aromatic carbocycles. The minimum absolute atomic E-state index is 0.137. The van der Waals surface area contributed by atoms with Crippen LogP contribution in [0.25, 0.3) is 22.6 Å². The third-order valence-corrected chi connectivity index (χ3v) is 4.89. The van der Waals surface area contributed by atoms with Crippen LogP contribution in [0.5, 0.6) is 0 Å². The molecule has 1 aliphatic heterocycles. The van der Waals surface area contributed by atoms with Gasteiger partial charge < -0.3 is 4.57 Å². The van der Waals surface area contributed by atoms with Gasteiger partial charge in [-0.2, -0.15) is 5.21 Å². The average Bonchev–Trinajstić information content (AvgIpc) is 3.17. The molecule has 0 amide bonds. The van der Waals surface area contributed by atoms with Crippen LogP contribution in [0.15, 0.2) is 53.3 Å². The summed E-state index contributed by atoms with van der Waals surface area (Å²) in [4.78, 5) is 13.3. The number of benzene rings is 1. The van der Waals surface area contributed by atoms with E-state index in [0.717, 1.165) is 22.4 Å². The van der Waals surface area contributed by atoms with Crippen molar-refractivity contribution in [2.75, 3.05) is 0 Å². The monoisotopic (exact) mass is 379 g/mol. The summed E-state index contributed by atoms with van der Waals surface area (Å²) in [5, 5.41) is 14.8. The van der Waals surface area contributed by atoms with Crippen LogP contribution in [-0.2, 0) is 6.54 Å². The van der Waals surface area contributed by atoms with Gasteiger partial charge in [-0.3, -0.25) is 4.79 Å². The number of H-pyrrole nitrogens is 1. The van der Waals surface area contributed by atoms with Crippen LogP contribution in [-0.4, -0.2) is 25.2 Å². The Labute approximate surface area is 161 Å². The molecule has 2 heterocycles. The zero-order valence-electron chi connectivity index (χ0n) is 15.0.